The maximum atomic E-state index is 12.0. The predicted molar refractivity (Wildman–Crippen MR) is 74.5 cm³/mol. The average Bonchev–Trinajstić information content (AvgIpc) is 2.28. The summed E-state index contributed by atoms with van der Waals surface area (Å²) in [5, 5.41) is 0. The third kappa shape index (κ3) is 5.03. The Morgan fingerprint density at radius 1 is 1.50 bits per heavy atom. The summed E-state index contributed by atoms with van der Waals surface area (Å²) in [7, 11) is -1.69. The summed E-state index contributed by atoms with van der Waals surface area (Å²) < 4.78 is 31.7. The average molecular weight is 298 g/mol. The van der Waals surface area contributed by atoms with Crippen LogP contribution in [0.15, 0.2) is 0 Å². The van der Waals surface area contributed by atoms with E-state index in [9.17, 15) is 8.42 Å². The monoisotopic (exact) mass is 297 g/mol. The molecule has 0 amide bonds. The second kappa shape index (κ2) is 7.08. The van der Waals surface area contributed by atoms with Crippen molar-refractivity contribution in [1.82, 2.24) is 4.72 Å². The van der Waals surface area contributed by atoms with Gasteiger partial charge in [0.2, 0.25) is 10.0 Å². The molecule has 0 heterocycles. The first-order valence-corrected chi connectivity index (χ1v) is 8.68. The van der Waals surface area contributed by atoms with Crippen LogP contribution in [0.5, 0.6) is 0 Å². The second-order valence-corrected chi connectivity index (χ2v) is 7.49. The van der Waals surface area contributed by atoms with Gasteiger partial charge in [0.1, 0.15) is 0 Å². The van der Waals surface area contributed by atoms with Crippen LogP contribution in [0.1, 0.15) is 39.0 Å². The van der Waals surface area contributed by atoms with Crippen LogP contribution in [0.2, 0.25) is 0 Å². The number of sulfonamides is 1. The number of halogens is 1. The van der Waals surface area contributed by atoms with Crippen LogP contribution >= 0.6 is 11.6 Å². The van der Waals surface area contributed by atoms with Crippen molar-refractivity contribution in [3.05, 3.63) is 0 Å². The van der Waals surface area contributed by atoms with Crippen LogP contribution in [0.3, 0.4) is 0 Å². The van der Waals surface area contributed by atoms with Gasteiger partial charge in [0.25, 0.3) is 0 Å². The molecule has 0 spiro atoms. The Hall–Kier alpha value is 0.160. The summed E-state index contributed by atoms with van der Waals surface area (Å²) in [6.07, 6.45) is 4.38. The van der Waals surface area contributed by atoms with Crippen molar-refractivity contribution in [2.24, 2.45) is 5.92 Å². The third-order valence-corrected chi connectivity index (χ3v) is 5.56. The molecule has 0 bridgehead atoms. The molecule has 2 atom stereocenters. The highest BCUT2D eigenvalue weighted by atomic mass is 35.5. The summed E-state index contributed by atoms with van der Waals surface area (Å²) in [6, 6.07) is 0. The molecule has 0 aromatic heterocycles. The zero-order chi connectivity index (χ0) is 13.6. The lowest BCUT2D eigenvalue weighted by atomic mass is 9.78. The minimum atomic E-state index is -3.26. The molecule has 1 fully saturated rings. The normalized spacial score (nSPS) is 29.4. The number of hydrogen-bond acceptors (Lipinski definition) is 3. The highest BCUT2D eigenvalue weighted by molar-refractivity contribution is 7.89. The highest BCUT2D eigenvalue weighted by Crippen LogP contribution is 2.33. The predicted octanol–water partition coefficient (Wildman–Crippen LogP) is 2.13. The summed E-state index contributed by atoms with van der Waals surface area (Å²) >= 11 is 6.02. The maximum absolute atomic E-state index is 12.0. The fourth-order valence-corrected chi connectivity index (χ4v) is 4.58. The number of methoxy groups -OCH3 is 1. The Labute approximate surface area is 115 Å². The molecular weight excluding hydrogens is 274 g/mol. The molecule has 108 valence electrons. The fourth-order valence-electron chi connectivity index (χ4n) is 2.68. The minimum absolute atomic E-state index is 0.105. The van der Waals surface area contributed by atoms with Gasteiger partial charge in [-0.3, -0.25) is 0 Å². The van der Waals surface area contributed by atoms with E-state index in [0.29, 0.717) is 24.8 Å². The largest absolute Gasteiger partial charge is 0.385 e. The van der Waals surface area contributed by atoms with Crippen molar-refractivity contribution in [2.75, 3.05) is 25.3 Å². The van der Waals surface area contributed by atoms with E-state index in [2.05, 4.69) is 11.6 Å². The smallest absolute Gasteiger partial charge is 0.212 e. The van der Waals surface area contributed by atoms with Gasteiger partial charge in [0.15, 0.2) is 0 Å². The molecule has 1 aliphatic rings. The molecule has 6 heteroatoms. The zero-order valence-electron chi connectivity index (χ0n) is 11.2. The molecule has 0 aromatic carbocycles. The quantitative estimate of drug-likeness (QED) is 0.578. The summed E-state index contributed by atoms with van der Waals surface area (Å²) in [5.41, 5.74) is -0.439. The van der Waals surface area contributed by atoms with Gasteiger partial charge in [-0.2, -0.15) is 0 Å². The summed E-state index contributed by atoms with van der Waals surface area (Å²) in [5.74, 6) is 0.980. The van der Waals surface area contributed by atoms with Crippen molar-refractivity contribution in [1.29, 1.82) is 0 Å². The van der Waals surface area contributed by atoms with E-state index in [1.807, 2.05) is 0 Å². The fraction of sp³-hybridized carbons (Fsp3) is 1.00. The van der Waals surface area contributed by atoms with Gasteiger partial charge < -0.3 is 4.74 Å². The van der Waals surface area contributed by atoms with E-state index in [-0.39, 0.29) is 5.75 Å². The molecule has 1 aliphatic carbocycles. The number of rotatable bonds is 7. The van der Waals surface area contributed by atoms with Gasteiger partial charge in [-0.25, -0.2) is 13.1 Å². The molecule has 0 aliphatic heterocycles. The van der Waals surface area contributed by atoms with Gasteiger partial charge in [-0.1, -0.05) is 19.8 Å². The minimum Gasteiger partial charge on any atom is -0.385 e. The Balaban J connectivity index is 2.61. The Bertz CT molecular complexity index is 347. The topological polar surface area (TPSA) is 55.4 Å². The van der Waals surface area contributed by atoms with E-state index >= 15 is 0 Å². The molecule has 1 rings (SSSR count). The molecule has 0 saturated heterocycles. The summed E-state index contributed by atoms with van der Waals surface area (Å²) in [4.78, 5) is 0. The van der Waals surface area contributed by atoms with Gasteiger partial charge in [0.05, 0.1) is 5.75 Å². The van der Waals surface area contributed by atoms with Crippen molar-refractivity contribution in [3.63, 3.8) is 0 Å². The number of alkyl halides is 1. The number of ether oxygens (including phenoxy) is 1. The van der Waals surface area contributed by atoms with Gasteiger partial charge in [-0.15, -0.1) is 11.6 Å². The van der Waals surface area contributed by atoms with Gasteiger partial charge in [0, 0.05) is 25.1 Å². The molecule has 4 nitrogen and oxygen atoms in total. The van der Waals surface area contributed by atoms with Crippen molar-refractivity contribution in [3.8, 4) is 0 Å². The maximum Gasteiger partial charge on any atom is 0.212 e. The first-order chi connectivity index (χ1) is 8.43. The molecule has 18 heavy (non-hydrogen) atoms. The van der Waals surface area contributed by atoms with Crippen LogP contribution in [0.4, 0.5) is 0 Å². The van der Waals surface area contributed by atoms with Crippen LogP contribution in [-0.2, 0) is 14.8 Å². The number of nitrogens with one attached hydrogen (secondary N) is 1. The van der Waals surface area contributed by atoms with Crippen molar-refractivity contribution in [2.45, 2.75) is 44.6 Å². The first-order valence-electron chi connectivity index (χ1n) is 6.49. The Morgan fingerprint density at radius 2 is 2.22 bits per heavy atom. The molecular formula is C12H24ClNO3S. The standard InChI is InChI=1S/C12H24ClNO3S/c1-11-5-3-6-12(9-11,10-13)14-18(15,16)8-4-7-17-2/h11,14H,3-10H2,1-2H3. The lowest BCUT2D eigenvalue weighted by molar-refractivity contribution is 0.199. The zero-order valence-corrected chi connectivity index (χ0v) is 12.8. The van der Waals surface area contributed by atoms with E-state index < -0.39 is 15.6 Å². The SMILES string of the molecule is COCCCS(=O)(=O)NC1(CCl)CCCC(C)C1. The van der Waals surface area contributed by atoms with Crippen molar-refractivity contribution < 1.29 is 13.2 Å². The Morgan fingerprint density at radius 3 is 2.78 bits per heavy atom. The summed E-state index contributed by atoms with van der Waals surface area (Å²) in [6.45, 7) is 2.62. The van der Waals surface area contributed by atoms with Gasteiger partial charge >= 0.3 is 0 Å². The number of hydrogen-bond donors (Lipinski definition) is 1. The molecule has 1 saturated carbocycles. The van der Waals surface area contributed by atoms with E-state index in [1.165, 1.54) is 0 Å². The first kappa shape index (κ1) is 16.2. The molecule has 1 N–H and O–H groups in total. The lowest BCUT2D eigenvalue weighted by Crippen LogP contribution is -2.53. The Kier molecular flexibility index (Phi) is 6.38. The highest BCUT2D eigenvalue weighted by Gasteiger charge is 2.37. The van der Waals surface area contributed by atoms with E-state index in [1.54, 1.807) is 7.11 Å². The van der Waals surface area contributed by atoms with Crippen LogP contribution < -0.4 is 4.72 Å². The molecule has 0 aromatic rings. The second-order valence-electron chi connectivity index (χ2n) is 5.38. The van der Waals surface area contributed by atoms with Gasteiger partial charge in [-0.05, 0) is 25.2 Å². The third-order valence-electron chi connectivity index (χ3n) is 3.48. The van der Waals surface area contributed by atoms with Crippen LogP contribution in [0.25, 0.3) is 0 Å². The molecule has 2 unspecified atom stereocenters. The van der Waals surface area contributed by atoms with Crippen LogP contribution in [0, 0.1) is 5.92 Å². The molecule has 0 radical (unpaired) electrons. The van der Waals surface area contributed by atoms with E-state index in [4.69, 9.17) is 16.3 Å². The van der Waals surface area contributed by atoms with Crippen LogP contribution in [-0.4, -0.2) is 39.3 Å². The lowest BCUT2D eigenvalue weighted by Gasteiger charge is -2.39. The van der Waals surface area contributed by atoms with E-state index in [0.717, 1.165) is 25.7 Å². The van der Waals surface area contributed by atoms with Crippen molar-refractivity contribution >= 4 is 21.6 Å².